The number of thiophene rings is 1. The Bertz CT molecular complexity index is 1020. The Hall–Kier alpha value is -1.94. The van der Waals surface area contributed by atoms with E-state index in [0.717, 1.165) is 69.7 Å². The van der Waals surface area contributed by atoms with Crippen molar-refractivity contribution >= 4 is 45.3 Å². The van der Waals surface area contributed by atoms with Gasteiger partial charge < -0.3 is 4.90 Å². The number of piperazine rings is 1. The number of hydrogen-bond acceptors (Lipinski definition) is 4. The Morgan fingerprint density at radius 2 is 1.69 bits per heavy atom. The van der Waals surface area contributed by atoms with E-state index in [2.05, 4.69) is 82.6 Å². The van der Waals surface area contributed by atoms with Gasteiger partial charge in [-0.3, -0.25) is 4.90 Å². The average molecular weight is 469 g/mol. The average Bonchev–Trinajstić information content (AvgIpc) is 3.24. The van der Waals surface area contributed by atoms with Crippen molar-refractivity contribution in [1.82, 2.24) is 9.80 Å². The zero-order valence-electron chi connectivity index (χ0n) is 18.8. The smallest absolute Gasteiger partial charge is 0.128 e. The van der Waals surface area contributed by atoms with Crippen LogP contribution < -0.4 is 0 Å². The Balaban J connectivity index is 0.00000289. The van der Waals surface area contributed by atoms with Crippen LogP contribution in [0, 0.1) is 5.92 Å². The van der Waals surface area contributed by atoms with Gasteiger partial charge in [-0.1, -0.05) is 68.3 Å². The summed E-state index contributed by atoms with van der Waals surface area (Å²) in [7, 11) is 0. The van der Waals surface area contributed by atoms with E-state index in [9.17, 15) is 4.79 Å². The van der Waals surface area contributed by atoms with Crippen LogP contribution in [-0.4, -0.2) is 48.5 Å². The van der Waals surface area contributed by atoms with Crippen molar-refractivity contribution in [2.45, 2.75) is 32.7 Å². The Kier molecular flexibility index (Phi) is 9.52. The number of hydrogen-bond donors (Lipinski definition) is 0. The van der Waals surface area contributed by atoms with E-state index in [1.807, 2.05) is 0 Å². The number of fused-ring (bicyclic) bond motifs is 1. The Labute approximate surface area is 202 Å². The number of nitrogens with zero attached hydrogens (tertiary/aromatic N) is 2. The van der Waals surface area contributed by atoms with E-state index < -0.39 is 0 Å². The molecule has 0 saturated carbocycles. The first-order chi connectivity index (χ1) is 15.3. The molecule has 1 aliphatic rings. The molecule has 1 atom stereocenters. The lowest BCUT2D eigenvalue weighted by Crippen LogP contribution is -2.47. The highest BCUT2D eigenvalue weighted by Gasteiger charge is 2.25. The minimum Gasteiger partial charge on any atom is -0.300 e. The van der Waals surface area contributed by atoms with Crippen LogP contribution in [0.15, 0.2) is 60.0 Å². The third-order valence-electron chi connectivity index (χ3n) is 6.39. The topological polar surface area (TPSA) is 23.6 Å². The van der Waals surface area contributed by atoms with Crippen LogP contribution in [0.1, 0.15) is 37.3 Å². The summed E-state index contributed by atoms with van der Waals surface area (Å²) >= 11 is 1.73. The van der Waals surface area contributed by atoms with Gasteiger partial charge in [0, 0.05) is 71.8 Å². The molecule has 0 spiro atoms. The van der Waals surface area contributed by atoms with Gasteiger partial charge in [0.15, 0.2) is 0 Å². The van der Waals surface area contributed by atoms with Gasteiger partial charge in [0.1, 0.15) is 5.94 Å². The summed E-state index contributed by atoms with van der Waals surface area (Å²) in [6.45, 7) is 8.48. The molecule has 32 heavy (non-hydrogen) atoms. The zero-order valence-corrected chi connectivity index (χ0v) is 20.5. The summed E-state index contributed by atoms with van der Waals surface area (Å²) < 4.78 is 1.24. The minimum absolute atomic E-state index is 0. The molecule has 170 valence electrons. The highest BCUT2D eigenvalue weighted by atomic mass is 35.5. The lowest BCUT2D eigenvalue weighted by Gasteiger charge is -2.36. The normalized spacial score (nSPS) is 15.8. The summed E-state index contributed by atoms with van der Waals surface area (Å²) in [6, 6.07) is 19.1. The van der Waals surface area contributed by atoms with E-state index in [1.165, 1.54) is 15.6 Å². The molecule has 1 aromatic heterocycles. The van der Waals surface area contributed by atoms with E-state index in [4.69, 9.17) is 0 Å². The molecule has 3 nitrogen and oxygen atoms in total. The molecule has 0 bridgehead atoms. The van der Waals surface area contributed by atoms with Crippen molar-refractivity contribution in [1.29, 1.82) is 0 Å². The quantitative estimate of drug-likeness (QED) is 0.351. The van der Waals surface area contributed by atoms with Crippen molar-refractivity contribution in [3.8, 4) is 0 Å². The molecule has 2 heterocycles. The molecule has 1 saturated heterocycles. The Morgan fingerprint density at radius 3 is 2.41 bits per heavy atom. The van der Waals surface area contributed by atoms with Gasteiger partial charge in [0.25, 0.3) is 0 Å². The maximum absolute atomic E-state index is 12.2. The van der Waals surface area contributed by atoms with Crippen LogP contribution in [0.3, 0.4) is 0 Å². The second kappa shape index (κ2) is 12.3. The number of carbonyl (C=O) groups excluding carboxylic acids is 1. The molecule has 0 N–H and O–H groups in total. The van der Waals surface area contributed by atoms with E-state index >= 15 is 0 Å². The number of halogens is 1. The van der Waals surface area contributed by atoms with Crippen LogP contribution in [0.4, 0.5) is 0 Å². The predicted molar refractivity (Wildman–Crippen MR) is 139 cm³/mol. The fourth-order valence-corrected chi connectivity index (χ4v) is 5.57. The third-order valence-corrected chi connectivity index (χ3v) is 7.35. The van der Waals surface area contributed by atoms with Gasteiger partial charge in [-0.25, -0.2) is 4.79 Å². The number of unbranched alkanes of at least 4 members (excludes halogenated alkanes) is 1. The van der Waals surface area contributed by atoms with Crippen LogP contribution in [0.2, 0.25) is 0 Å². The highest BCUT2D eigenvalue weighted by molar-refractivity contribution is 7.17. The summed E-state index contributed by atoms with van der Waals surface area (Å²) in [5, 5.41) is 3.35. The summed E-state index contributed by atoms with van der Waals surface area (Å²) in [5.41, 5.74) is 3.35. The highest BCUT2D eigenvalue weighted by Crippen LogP contribution is 2.35. The van der Waals surface area contributed by atoms with Gasteiger partial charge in [-0.05, 0) is 18.1 Å². The standard InChI is InChI=1S/C27H32N2OS.ClH/c1-2-3-11-23(25(20-30)26-21-31-27-13-8-7-12-24(26)27)19-29-16-14-28(15-17-29)18-22-9-5-4-6-10-22;/h4-10,12-13,21,23H,2-3,11,14-19H2,1H3;1H. The van der Waals surface area contributed by atoms with Crippen molar-refractivity contribution in [3.63, 3.8) is 0 Å². The number of rotatable bonds is 9. The molecule has 0 amide bonds. The molecule has 2 aromatic carbocycles. The maximum Gasteiger partial charge on any atom is 0.128 e. The first-order valence-electron chi connectivity index (χ1n) is 11.5. The van der Waals surface area contributed by atoms with Gasteiger partial charge in [-0.2, -0.15) is 0 Å². The third kappa shape index (κ3) is 6.10. The first kappa shape index (κ1) is 24.7. The van der Waals surface area contributed by atoms with E-state index in [-0.39, 0.29) is 18.3 Å². The second-order valence-corrected chi connectivity index (χ2v) is 9.47. The van der Waals surface area contributed by atoms with Gasteiger partial charge in [-0.15, -0.1) is 23.7 Å². The second-order valence-electron chi connectivity index (χ2n) is 8.56. The van der Waals surface area contributed by atoms with E-state index in [0.29, 0.717) is 0 Å². The van der Waals surface area contributed by atoms with Crippen molar-refractivity contribution in [2.24, 2.45) is 5.92 Å². The fourth-order valence-electron chi connectivity index (χ4n) is 4.61. The van der Waals surface area contributed by atoms with Gasteiger partial charge in [0.05, 0.1) is 0 Å². The molecule has 1 aliphatic heterocycles. The summed E-state index contributed by atoms with van der Waals surface area (Å²) in [4.78, 5) is 17.3. The maximum atomic E-state index is 12.2. The SMILES string of the molecule is CCCCC(CN1CCN(Cc2ccccc2)CC1)C(=C=O)c1csc2ccccc12.Cl. The van der Waals surface area contributed by atoms with Crippen molar-refractivity contribution in [2.75, 3.05) is 32.7 Å². The summed E-state index contributed by atoms with van der Waals surface area (Å²) in [5.74, 6) is 2.62. The molecule has 5 heteroatoms. The van der Waals surface area contributed by atoms with Crippen molar-refractivity contribution in [3.05, 3.63) is 71.1 Å². The molecule has 3 aromatic rings. The molecular formula is C27H33ClN2OS. The fraction of sp³-hybridized carbons (Fsp3) is 0.407. The van der Waals surface area contributed by atoms with Gasteiger partial charge >= 0.3 is 0 Å². The zero-order chi connectivity index (χ0) is 21.5. The van der Waals surface area contributed by atoms with Crippen molar-refractivity contribution < 1.29 is 4.79 Å². The van der Waals surface area contributed by atoms with Crippen LogP contribution >= 0.6 is 23.7 Å². The molecule has 1 fully saturated rings. The molecule has 1 unspecified atom stereocenters. The minimum atomic E-state index is 0. The molecular weight excluding hydrogens is 436 g/mol. The van der Waals surface area contributed by atoms with Crippen LogP contribution in [0.25, 0.3) is 15.7 Å². The van der Waals surface area contributed by atoms with Gasteiger partial charge in [0.2, 0.25) is 0 Å². The molecule has 4 rings (SSSR count). The molecule has 0 radical (unpaired) electrons. The largest absolute Gasteiger partial charge is 0.300 e. The van der Waals surface area contributed by atoms with E-state index in [1.54, 1.807) is 11.3 Å². The number of benzene rings is 2. The predicted octanol–water partition coefficient (Wildman–Crippen LogP) is 6.16. The first-order valence-corrected chi connectivity index (χ1v) is 12.4. The molecule has 0 aliphatic carbocycles. The van der Waals surface area contributed by atoms with Crippen LogP contribution in [0.5, 0.6) is 0 Å². The lowest BCUT2D eigenvalue weighted by molar-refractivity contribution is 0.118. The summed E-state index contributed by atoms with van der Waals surface area (Å²) in [6.07, 6.45) is 3.35. The Morgan fingerprint density at radius 1 is 1.00 bits per heavy atom. The monoisotopic (exact) mass is 468 g/mol. The lowest BCUT2D eigenvalue weighted by atomic mass is 9.88. The van der Waals surface area contributed by atoms with Crippen LogP contribution in [-0.2, 0) is 11.3 Å².